The van der Waals surface area contributed by atoms with Gasteiger partial charge in [0.05, 0.1) is 18.1 Å². The third-order valence-electron chi connectivity index (χ3n) is 4.26. The Morgan fingerprint density at radius 3 is 2.50 bits per heavy atom. The van der Waals surface area contributed by atoms with E-state index in [0.717, 1.165) is 6.42 Å². The van der Waals surface area contributed by atoms with E-state index >= 15 is 0 Å². The molecule has 1 saturated heterocycles. The topological polar surface area (TPSA) is 76.2 Å². The van der Waals surface area contributed by atoms with Crippen molar-refractivity contribution in [2.45, 2.75) is 24.7 Å². The molecule has 2 aliphatic heterocycles. The van der Waals surface area contributed by atoms with Crippen LogP contribution < -0.4 is 9.47 Å². The molecule has 132 valence electrons. The van der Waals surface area contributed by atoms with Crippen molar-refractivity contribution in [2.24, 2.45) is 0 Å². The smallest absolute Gasteiger partial charge is 0.243 e. The molecule has 7 nitrogen and oxygen atoms in total. The van der Waals surface area contributed by atoms with Gasteiger partial charge in [-0.25, -0.2) is 8.42 Å². The number of hydrogen-bond donors (Lipinski definition) is 0. The maximum atomic E-state index is 12.9. The summed E-state index contributed by atoms with van der Waals surface area (Å²) in [5, 5.41) is 0. The van der Waals surface area contributed by atoms with E-state index in [9.17, 15) is 13.2 Å². The maximum Gasteiger partial charge on any atom is 0.243 e. The quantitative estimate of drug-likeness (QED) is 0.795. The fraction of sp³-hybridized carbons (Fsp3) is 0.562. The monoisotopic (exact) mass is 354 g/mol. The van der Waals surface area contributed by atoms with Crippen LogP contribution in [0.3, 0.4) is 0 Å². The first-order chi connectivity index (χ1) is 11.5. The van der Waals surface area contributed by atoms with Crippen molar-refractivity contribution in [1.29, 1.82) is 0 Å². The Morgan fingerprint density at radius 2 is 1.75 bits per heavy atom. The molecular weight excluding hydrogens is 332 g/mol. The molecule has 2 aliphatic rings. The number of carbonyl (C=O) groups is 1. The summed E-state index contributed by atoms with van der Waals surface area (Å²) in [4.78, 5) is 13.4. The number of hydrogen-bond acceptors (Lipinski definition) is 5. The first kappa shape index (κ1) is 17.0. The first-order valence-electron chi connectivity index (χ1n) is 8.14. The van der Waals surface area contributed by atoms with Gasteiger partial charge in [0.2, 0.25) is 15.9 Å². The summed E-state index contributed by atoms with van der Waals surface area (Å²) >= 11 is 0. The lowest BCUT2D eigenvalue weighted by molar-refractivity contribution is -0.128. The molecule has 0 radical (unpaired) electrons. The van der Waals surface area contributed by atoms with Crippen molar-refractivity contribution in [3.8, 4) is 11.5 Å². The lowest BCUT2D eigenvalue weighted by Crippen LogP contribution is -2.36. The Hall–Kier alpha value is -1.80. The average molecular weight is 354 g/mol. The Kier molecular flexibility index (Phi) is 4.96. The zero-order valence-electron chi connectivity index (χ0n) is 13.7. The van der Waals surface area contributed by atoms with Gasteiger partial charge in [-0.05, 0) is 18.6 Å². The third-order valence-corrected chi connectivity index (χ3v) is 6.15. The highest BCUT2D eigenvalue weighted by Gasteiger charge is 2.28. The number of benzene rings is 1. The van der Waals surface area contributed by atoms with Crippen LogP contribution in [0.5, 0.6) is 11.5 Å². The van der Waals surface area contributed by atoms with Gasteiger partial charge >= 0.3 is 0 Å². The minimum atomic E-state index is -3.62. The normalized spacial score (nSPS) is 19.5. The lowest BCUT2D eigenvalue weighted by Gasteiger charge is -2.21. The van der Waals surface area contributed by atoms with E-state index < -0.39 is 10.0 Å². The molecule has 24 heavy (non-hydrogen) atoms. The minimum Gasteiger partial charge on any atom is -0.490 e. The Labute approximate surface area is 142 Å². The predicted molar refractivity (Wildman–Crippen MR) is 87.7 cm³/mol. The molecule has 8 heteroatoms. The van der Waals surface area contributed by atoms with Gasteiger partial charge in [0, 0.05) is 45.6 Å². The SMILES string of the molecule is CC(=O)N1CCCN(S(=O)(=O)c2ccc3c(c2)OCCCO3)CC1. The Balaban J connectivity index is 1.82. The Morgan fingerprint density at radius 1 is 1.00 bits per heavy atom. The number of ether oxygens (including phenoxy) is 2. The standard InChI is InChI=1S/C16H22N2O5S/c1-13(19)17-6-2-7-18(9-8-17)24(20,21)14-4-5-15-16(12-14)23-11-3-10-22-15/h4-5,12H,2-3,6-11H2,1H3. The molecule has 3 rings (SSSR count). The molecule has 0 N–H and O–H groups in total. The fourth-order valence-corrected chi connectivity index (χ4v) is 4.39. The number of carbonyl (C=O) groups excluding carboxylic acids is 1. The van der Waals surface area contributed by atoms with E-state index in [4.69, 9.17) is 9.47 Å². The van der Waals surface area contributed by atoms with Crippen molar-refractivity contribution >= 4 is 15.9 Å². The summed E-state index contributed by atoms with van der Waals surface area (Å²) in [5.74, 6) is 1.02. The van der Waals surface area contributed by atoms with E-state index in [1.807, 2.05) is 0 Å². The van der Waals surface area contributed by atoms with Gasteiger partial charge in [0.1, 0.15) is 0 Å². The van der Waals surface area contributed by atoms with E-state index in [1.54, 1.807) is 17.0 Å². The van der Waals surface area contributed by atoms with Crippen LogP contribution >= 0.6 is 0 Å². The molecule has 1 fully saturated rings. The molecule has 1 aromatic carbocycles. The Bertz CT molecular complexity index is 719. The zero-order chi connectivity index (χ0) is 17.2. The molecule has 2 heterocycles. The van der Waals surface area contributed by atoms with E-state index in [0.29, 0.717) is 57.3 Å². The van der Waals surface area contributed by atoms with Crippen LogP contribution in [0.1, 0.15) is 19.8 Å². The molecule has 0 aromatic heterocycles. The van der Waals surface area contributed by atoms with Crippen LogP contribution in [-0.2, 0) is 14.8 Å². The number of amides is 1. The summed E-state index contributed by atoms with van der Waals surface area (Å²) < 4.78 is 38.4. The van der Waals surface area contributed by atoms with Crippen LogP contribution in [0.4, 0.5) is 0 Å². The van der Waals surface area contributed by atoms with Crippen molar-refractivity contribution in [3.63, 3.8) is 0 Å². The highest BCUT2D eigenvalue weighted by Crippen LogP contribution is 2.33. The summed E-state index contributed by atoms with van der Waals surface area (Å²) in [6.45, 7) is 4.28. The average Bonchev–Trinajstić information content (AvgIpc) is 2.94. The van der Waals surface area contributed by atoms with Crippen molar-refractivity contribution in [2.75, 3.05) is 39.4 Å². The van der Waals surface area contributed by atoms with Gasteiger partial charge in [0.15, 0.2) is 11.5 Å². The van der Waals surface area contributed by atoms with E-state index in [2.05, 4.69) is 0 Å². The van der Waals surface area contributed by atoms with Gasteiger partial charge in [-0.15, -0.1) is 0 Å². The largest absolute Gasteiger partial charge is 0.490 e. The van der Waals surface area contributed by atoms with Gasteiger partial charge in [-0.2, -0.15) is 4.31 Å². The number of fused-ring (bicyclic) bond motifs is 1. The van der Waals surface area contributed by atoms with Crippen molar-refractivity contribution < 1.29 is 22.7 Å². The molecule has 0 spiro atoms. The number of rotatable bonds is 2. The molecular formula is C16H22N2O5S. The summed E-state index contributed by atoms with van der Waals surface area (Å²) in [6, 6.07) is 4.73. The van der Waals surface area contributed by atoms with Gasteiger partial charge in [-0.1, -0.05) is 0 Å². The molecule has 1 aromatic rings. The molecule has 0 atom stereocenters. The van der Waals surface area contributed by atoms with Gasteiger partial charge < -0.3 is 14.4 Å². The lowest BCUT2D eigenvalue weighted by atomic mass is 10.3. The summed E-state index contributed by atoms with van der Waals surface area (Å²) in [5.41, 5.74) is 0. The van der Waals surface area contributed by atoms with Gasteiger partial charge in [0.25, 0.3) is 0 Å². The molecule has 0 saturated carbocycles. The maximum absolute atomic E-state index is 12.9. The first-order valence-corrected chi connectivity index (χ1v) is 9.58. The second-order valence-electron chi connectivity index (χ2n) is 5.92. The van der Waals surface area contributed by atoms with Crippen LogP contribution in [0.2, 0.25) is 0 Å². The zero-order valence-corrected chi connectivity index (χ0v) is 14.5. The van der Waals surface area contributed by atoms with Crippen LogP contribution in [-0.4, -0.2) is 62.9 Å². The summed E-state index contributed by atoms with van der Waals surface area (Å²) in [6.07, 6.45) is 1.40. The van der Waals surface area contributed by atoms with Crippen molar-refractivity contribution in [3.05, 3.63) is 18.2 Å². The van der Waals surface area contributed by atoms with E-state index in [-0.39, 0.29) is 10.8 Å². The third kappa shape index (κ3) is 3.49. The summed E-state index contributed by atoms with van der Waals surface area (Å²) in [7, 11) is -3.62. The predicted octanol–water partition coefficient (Wildman–Crippen LogP) is 1.09. The number of sulfonamides is 1. The fourth-order valence-electron chi connectivity index (χ4n) is 2.90. The molecule has 0 aliphatic carbocycles. The molecule has 1 amide bonds. The molecule has 0 unspecified atom stereocenters. The highest BCUT2D eigenvalue weighted by molar-refractivity contribution is 7.89. The van der Waals surface area contributed by atoms with Crippen LogP contribution in [0.25, 0.3) is 0 Å². The number of nitrogens with zero attached hydrogens (tertiary/aromatic N) is 2. The van der Waals surface area contributed by atoms with E-state index in [1.165, 1.54) is 17.3 Å². The highest BCUT2D eigenvalue weighted by atomic mass is 32.2. The van der Waals surface area contributed by atoms with Crippen LogP contribution in [0, 0.1) is 0 Å². The van der Waals surface area contributed by atoms with Crippen molar-refractivity contribution in [1.82, 2.24) is 9.21 Å². The second-order valence-corrected chi connectivity index (χ2v) is 7.86. The minimum absolute atomic E-state index is 0.0233. The second kappa shape index (κ2) is 6.98. The van der Waals surface area contributed by atoms with Gasteiger partial charge in [-0.3, -0.25) is 4.79 Å². The van der Waals surface area contributed by atoms with Crippen LogP contribution in [0.15, 0.2) is 23.1 Å². The molecule has 0 bridgehead atoms.